The molecule has 462 valence electrons. The zero-order chi connectivity index (χ0) is 63.3. The monoisotopic (exact) mass is 1150 g/mol. The molecular weight excluding hydrogens is 1040 g/mol. The molecule has 1 heterocycles. The summed E-state index contributed by atoms with van der Waals surface area (Å²) < 4.78 is 8.02. The average Bonchev–Trinajstić information content (AvgIpc) is 1.36. The Bertz CT molecular complexity index is 3710. The van der Waals surface area contributed by atoms with E-state index in [2.05, 4.69) is 215 Å². The maximum atomic E-state index is 8.02. The van der Waals surface area contributed by atoms with E-state index in [-0.39, 0.29) is 6.10 Å². The molecule has 0 spiro atoms. The van der Waals surface area contributed by atoms with Gasteiger partial charge in [0.25, 0.3) is 0 Å². The second-order valence-electron chi connectivity index (χ2n) is 31.6. The highest BCUT2D eigenvalue weighted by Gasteiger charge is 2.61. The van der Waals surface area contributed by atoms with Crippen LogP contribution in [0.5, 0.6) is 5.75 Å². The quantitative estimate of drug-likeness (QED) is 0.194. The number of allylic oxidation sites excluding steroid dienone is 10. The fraction of sp³-hybridized carbons (Fsp3) is 0.600. The first-order chi connectivity index (χ1) is 40.2. The van der Waals surface area contributed by atoms with Crippen LogP contribution in [0.2, 0.25) is 0 Å². The molecule has 0 radical (unpaired) electrons. The van der Waals surface area contributed by atoms with E-state index in [9.17, 15) is 0 Å². The lowest BCUT2D eigenvalue weighted by Gasteiger charge is -2.59. The highest BCUT2D eigenvalue weighted by atomic mass is 16.5. The molecule has 3 saturated carbocycles. The van der Waals surface area contributed by atoms with Crippen molar-refractivity contribution < 1.29 is 4.74 Å². The molecule has 17 atom stereocenters. The highest BCUT2D eigenvalue weighted by molar-refractivity contribution is 5.88. The minimum Gasteiger partial charge on any atom is -0.489 e. The summed E-state index contributed by atoms with van der Waals surface area (Å²) in [6, 6.07) is 0. The van der Waals surface area contributed by atoms with Crippen LogP contribution in [-0.2, 0) is 0 Å². The van der Waals surface area contributed by atoms with Crippen LogP contribution in [0, 0.1) is 176 Å². The smallest absolute Gasteiger partial charge is 0.126 e. The number of hydrogen-bond donors (Lipinski definition) is 0. The van der Waals surface area contributed by atoms with Gasteiger partial charge >= 0.3 is 0 Å². The van der Waals surface area contributed by atoms with Gasteiger partial charge in [0.05, 0.1) is 0 Å². The van der Waals surface area contributed by atoms with E-state index in [1.807, 2.05) is 0 Å². The molecule has 1 nitrogen and oxygen atoms in total. The van der Waals surface area contributed by atoms with Crippen LogP contribution in [0.1, 0.15) is 281 Å². The summed E-state index contributed by atoms with van der Waals surface area (Å²) in [4.78, 5) is 0. The summed E-state index contributed by atoms with van der Waals surface area (Å²) >= 11 is 0. The third-order valence-corrected chi connectivity index (χ3v) is 29.2. The molecule has 0 N–H and O–H groups in total. The largest absolute Gasteiger partial charge is 0.489 e. The first-order valence-corrected chi connectivity index (χ1v) is 34.7. The number of ether oxygens (including phenoxy) is 1. The van der Waals surface area contributed by atoms with Crippen molar-refractivity contribution in [2.45, 2.75) is 270 Å². The maximum Gasteiger partial charge on any atom is 0.126 e. The Balaban J connectivity index is 1.09. The van der Waals surface area contributed by atoms with Crippen LogP contribution in [0.25, 0.3) is 11.1 Å². The van der Waals surface area contributed by atoms with Gasteiger partial charge in [-0.05, 0) is 407 Å². The molecule has 86 heavy (non-hydrogen) atoms. The van der Waals surface area contributed by atoms with Crippen molar-refractivity contribution in [1.29, 1.82) is 0 Å². The SMILES string of the molecule is CC1=C(C)C2C(C)=C(c3c(C)c(C)c(C)c(C)c3C)C(C)=C(C)C2C(C)=C1C1CC(c2c(C)c(C)c3c(c2C)OC2C(C)C(c4c(C)c(C)c(C)c(C)c4C)C4C(C)C(C)C(C)C(C)C4C32)CC(c2c(C)c(C)c3c(c2C)C(C)=C(C)C(C)C3C)C1. The van der Waals surface area contributed by atoms with Gasteiger partial charge in [-0.1, -0.05) is 76.3 Å². The van der Waals surface area contributed by atoms with Crippen LogP contribution in [0.3, 0.4) is 0 Å². The molecule has 0 amide bonds. The molecule has 4 aromatic carbocycles. The molecule has 4 aromatic rings. The van der Waals surface area contributed by atoms with E-state index in [1.165, 1.54) is 114 Å². The average molecular weight is 1150 g/mol. The Morgan fingerprint density at radius 1 is 0.279 bits per heavy atom. The van der Waals surface area contributed by atoms with Gasteiger partial charge < -0.3 is 4.74 Å². The van der Waals surface area contributed by atoms with Crippen molar-refractivity contribution in [3.05, 3.63) is 173 Å². The van der Waals surface area contributed by atoms with Gasteiger partial charge in [0.2, 0.25) is 0 Å². The number of hydrogen-bond acceptors (Lipinski definition) is 1. The number of rotatable bonds is 5. The van der Waals surface area contributed by atoms with Crippen molar-refractivity contribution in [2.75, 3.05) is 0 Å². The van der Waals surface area contributed by atoms with Crippen LogP contribution >= 0.6 is 0 Å². The van der Waals surface area contributed by atoms with Gasteiger partial charge in [-0.25, -0.2) is 0 Å². The van der Waals surface area contributed by atoms with Crippen molar-refractivity contribution in [3.8, 4) is 5.75 Å². The Hall–Kier alpha value is -4.62. The predicted molar refractivity (Wildman–Crippen MR) is 372 cm³/mol. The van der Waals surface area contributed by atoms with E-state index in [4.69, 9.17) is 4.74 Å². The Morgan fingerprint density at radius 3 is 1.21 bits per heavy atom. The Labute approximate surface area is 525 Å². The summed E-state index contributed by atoms with van der Waals surface area (Å²) in [5, 5.41) is 0. The molecule has 0 saturated heterocycles. The minimum atomic E-state index is 0.152. The summed E-state index contributed by atoms with van der Waals surface area (Å²) in [6.45, 7) is 77.4. The Morgan fingerprint density at radius 2 is 0.686 bits per heavy atom. The van der Waals surface area contributed by atoms with Gasteiger partial charge in [0.15, 0.2) is 0 Å². The molecule has 11 rings (SSSR count). The van der Waals surface area contributed by atoms with Crippen LogP contribution in [0.15, 0.2) is 44.6 Å². The van der Waals surface area contributed by atoms with Crippen LogP contribution in [0.4, 0.5) is 0 Å². The third-order valence-electron chi connectivity index (χ3n) is 29.2. The second kappa shape index (κ2) is 21.8. The van der Waals surface area contributed by atoms with Crippen molar-refractivity contribution in [1.82, 2.24) is 0 Å². The van der Waals surface area contributed by atoms with E-state index in [0.717, 1.165) is 0 Å². The molecule has 7 aliphatic rings. The molecule has 3 fully saturated rings. The Kier molecular flexibility index (Phi) is 16.0. The summed E-state index contributed by atoms with van der Waals surface area (Å²) in [5.74, 6) is 9.23. The molecule has 17 unspecified atom stereocenters. The standard InChI is InChI=1S/C85H116O/c1-35-37(3)45(11)72(46(12)38(35)4)77-59(25)58(24)76-62(28)70(54(20)57(23)78(76)63(77)29)67-32-66(69-53(19)56(22)73-47(13)41(7)42(8)50(16)75(73)61(69)27)33-68(34-67)71-55(21)60(26)82-83-80-52(18)44(10)43(9)51(17)79(80)81(65(31)85(83)86-84(82)64(71)30)74-48(14)39(5)36(2)40(6)49(74)15/h41,43-44,47,51-52,65-68,76,78-81,83,85H,32-34H2,1-31H3. The van der Waals surface area contributed by atoms with Crippen molar-refractivity contribution >= 4 is 11.1 Å². The van der Waals surface area contributed by atoms with Gasteiger partial charge in [0, 0.05) is 29.2 Å². The first-order valence-electron chi connectivity index (χ1n) is 34.7. The maximum absolute atomic E-state index is 8.02. The van der Waals surface area contributed by atoms with Gasteiger partial charge in [0.1, 0.15) is 11.9 Å². The van der Waals surface area contributed by atoms with Gasteiger partial charge in [-0.3, -0.25) is 0 Å². The molecule has 0 bridgehead atoms. The first kappa shape index (κ1) is 63.0. The fourth-order valence-electron chi connectivity index (χ4n) is 22.5. The lowest BCUT2D eigenvalue weighted by molar-refractivity contribution is -0.0859. The van der Waals surface area contributed by atoms with E-state index in [1.54, 1.807) is 94.6 Å². The summed E-state index contributed by atoms with van der Waals surface area (Å²) in [7, 11) is 0. The molecule has 1 heteroatoms. The van der Waals surface area contributed by atoms with Gasteiger partial charge in [-0.15, -0.1) is 0 Å². The third kappa shape index (κ3) is 8.51. The normalized spacial score (nSPS) is 32.7. The van der Waals surface area contributed by atoms with Crippen LogP contribution < -0.4 is 4.74 Å². The molecule has 0 aromatic heterocycles. The van der Waals surface area contributed by atoms with Crippen LogP contribution in [-0.4, -0.2) is 6.10 Å². The molecular formula is C85H116O. The van der Waals surface area contributed by atoms with Crippen molar-refractivity contribution in [2.24, 2.45) is 65.1 Å². The molecule has 1 aliphatic heterocycles. The van der Waals surface area contributed by atoms with E-state index < -0.39 is 0 Å². The summed E-state index contributed by atoms with van der Waals surface area (Å²) in [6.07, 6.45) is 3.69. The lowest BCUT2D eigenvalue weighted by Crippen LogP contribution is -2.55. The topological polar surface area (TPSA) is 9.23 Å². The predicted octanol–water partition coefficient (Wildman–Crippen LogP) is 23.6. The molecule has 6 aliphatic carbocycles. The number of benzene rings is 4. The van der Waals surface area contributed by atoms with Crippen molar-refractivity contribution in [3.63, 3.8) is 0 Å². The fourth-order valence-corrected chi connectivity index (χ4v) is 22.5. The second-order valence-corrected chi connectivity index (χ2v) is 31.6. The zero-order valence-electron chi connectivity index (χ0n) is 60.3. The summed E-state index contributed by atoms with van der Waals surface area (Å²) in [5.41, 5.74) is 51.0. The van der Waals surface area contributed by atoms with E-state index >= 15 is 0 Å². The minimum absolute atomic E-state index is 0.152. The van der Waals surface area contributed by atoms with E-state index in [0.29, 0.717) is 94.7 Å². The van der Waals surface area contributed by atoms with Gasteiger partial charge in [-0.2, -0.15) is 0 Å². The number of fused-ring (bicyclic) bond motifs is 7. The lowest BCUT2D eigenvalue weighted by atomic mass is 9.45. The highest BCUT2D eigenvalue weighted by Crippen LogP contribution is 2.68. The zero-order valence-corrected chi connectivity index (χ0v) is 60.3.